The number of nitro benzene ring substituents is 1. The number of hydrogen-bond acceptors (Lipinski definition) is 6. The Balaban J connectivity index is 1.54. The quantitative estimate of drug-likeness (QED) is 0.327. The van der Waals surface area contributed by atoms with Gasteiger partial charge in [-0.25, -0.2) is 4.90 Å². The summed E-state index contributed by atoms with van der Waals surface area (Å²) in [5, 5.41) is 11.2. The monoisotopic (exact) mass is 419 g/mol. The molecule has 4 atom stereocenters. The number of amides is 2. The summed E-state index contributed by atoms with van der Waals surface area (Å²) in [7, 11) is 0. The number of ketones is 1. The molecule has 2 amide bonds. The van der Waals surface area contributed by atoms with Crippen LogP contribution in [0.4, 0.5) is 11.4 Å². The molecule has 8 nitrogen and oxygen atoms in total. The van der Waals surface area contributed by atoms with Gasteiger partial charge in [0.15, 0.2) is 5.78 Å². The molecular formula is C23H21N3O5. The molecule has 5 rings (SSSR count). The number of Topliss-reactive ketones (excluding diaryl/α,β-unsaturated/α-hetero) is 1. The number of nitro groups is 1. The van der Waals surface area contributed by atoms with Crippen LogP contribution >= 0.6 is 0 Å². The van der Waals surface area contributed by atoms with Crippen molar-refractivity contribution in [1.29, 1.82) is 0 Å². The number of aryl methyl sites for hydroxylation is 1. The van der Waals surface area contributed by atoms with Crippen molar-refractivity contribution in [3.05, 3.63) is 69.8 Å². The van der Waals surface area contributed by atoms with E-state index in [1.54, 1.807) is 12.1 Å². The van der Waals surface area contributed by atoms with Crippen molar-refractivity contribution >= 4 is 29.0 Å². The van der Waals surface area contributed by atoms with Crippen LogP contribution in [0.5, 0.6) is 0 Å². The molecule has 31 heavy (non-hydrogen) atoms. The first-order chi connectivity index (χ1) is 14.9. The molecule has 3 saturated heterocycles. The molecule has 2 aromatic rings. The molecule has 0 radical (unpaired) electrons. The van der Waals surface area contributed by atoms with Crippen molar-refractivity contribution in [3.63, 3.8) is 0 Å². The fourth-order valence-electron chi connectivity index (χ4n) is 5.40. The second-order valence-corrected chi connectivity index (χ2v) is 8.46. The highest BCUT2D eigenvalue weighted by atomic mass is 16.6. The number of imide groups is 1. The summed E-state index contributed by atoms with van der Waals surface area (Å²) in [5.74, 6) is -2.34. The highest BCUT2D eigenvalue weighted by Gasteiger charge is 2.64. The molecule has 4 unspecified atom stereocenters. The van der Waals surface area contributed by atoms with Gasteiger partial charge >= 0.3 is 0 Å². The third-order valence-electron chi connectivity index (χ3n) is 6.76. The lowest BCUT2D eigenvalue weighted by atomic mass is 9.85. The second kappa shape index (κ2) is 7.09. The standard InChI is InChI=1S/C23H21N3O5/c1-13-7-9-14(10-8-13)21(27)20-19-18(17-6-3-11-24(17)20)22(28)25(23(19)29)15-4-2-5-16(12-15)26(30)31/h2,4-5,7-10,12,17-20H,3,6,11H2,1H3. The van der Waals surface area contributed by atoms with Crippen molar-refractivity contribution in [2.75, 3.05) is 11.4 Å². The van der Waals surface area contributed by atoms with Crippen LogP contribution in [0.2, 0.25) is 0 Å². The Hall–Kier alpha value is -3.39. The topological polar surface area (TPSA) is 101 Å². The first kappa shape index (κ1) is 19.6. The average Bonchev–Trinajstić information content (AvgIpc) is 3.40. The van der Waals surface area contributed by atoms with Crippen molar-refractivity contribution in [2.45, 2.75) is 31.8 Å². The maximum atomic E-state index is 13.5. The van der Waals surface area contributed by atoms with E-state index < -0.39 is 28.7 Å². The van der Waals surface area contributed by atoms with Gasteiger partial charge in [-0.15, -0.1) is 0 Å². The number of rotatable bonds is 4. The zero-order chi connectivity index (χ0) is 21.9. The van der Waals surface area contributed by atoms with E-state index in [4.69, 9.17) is 0 Å². The average molecular weight is 419 g/mol. The molecule has 0 N–H and O–H groups in total. The summed E-state index contributed by atoms with van der Waals surface area (Å²) in [6.45, 7) is 2.61. The van der Waals surface area contributed by atoms with Crippen LogP contribution in [0.25, 0.3) is 0 Å². The predicted octanol–water partition coefficient (Wildman–Crippen LogP) is 2.74. The lowest BCUT2D eigenvalue weighted by molar-refractivity contribution is -0.384. The van der Waals surface area contributed by atoms with Gasteiger partial charge in [0.1, 0.15) is 0 Å². The Labute approximate surface area is 178 Å². The predicted molar refractivity (Wildman–Crippen MR) is 112 cm³/mol. The summed E-state index contributed by atoms with van der Waals surface area (Å²) in [5.41, 5.74) is 1.55. The highest BCUT2D eigenvalue weighted by Crippen LogP contribution is 2.48. The zero-order valence-corrected chi connectivity index (χ0v) is 16.9. The number of nitrogens with zero attached hydrogens (tertiary/aromatic N) is 3. The number of anilines is 1. The molecule has 3 aliphatic rings. The van der Waals surface area contributed by atoms with Crippen LogP contribution in [0.1, 0.15) is 28.8 Å². The van der Waals surface area contributed by atoms with E-state index in [-0.39, 0.29) is 29.1 Å². The molecule has 0 spiro atoms. The molecule has 2 aromatic carbocycles. The van der Waals surface area contributed by atoms with Crippen molar-refractivity contribution in [1.82, 2.24) is 4.90 Å². The number of fused-ring (bicyclic) bond motifs is 3. The fourth-order valence-corrected chi connectivity index (χ4v) is 5.40. The lowest BCUT2D eigenvalue weighted by Gasteiger charge is -2.27. The minimum atomic E-state index is -0.772. The van der Waals surface area contributed by atoms with Gasteiger partial charge < -0.3 is 0 Å². The third kappa shape index (κ3) is 2.90. The van der Waals surface area contributed by atoms with Crippen LogP contribution in [0.3, 0.4) is 0 Å². The minimum absolute atomic E-state index is 0.151. The van der Waals surface area contributed by atoms with Crippen LogP contribution in [-0.4, -0.2) is 46.0 Å². The second-order valence-electron chi connectivity index (χ2n) is 8.46. The number of carbonyl (C=O) groups is 3. The van der Waals surface area contributed by atoms with E-state index in [0.717, 1.165) is 23.3 Å². The largest absolute Gasteiger partial charge is 0.292 e. The van der Waals surface area contributed by atoms with E-state index in [1.165, 1.54) is 24.3 Å². The molecule has 0 aromatic heterocycles. The Bertz CT molecular complexity index is 1110. The molecular weight excluding hydrogens is 398 g/mol. The Morgan fingerprint density at radius 3 is 2.48 bits per heavy atom. The summed E-state index contributed by atoms with van der Waals surface area (Å²) in [4.78, 5) is 54.0. The molecule has 0 bridgehead atoms. The summed E-state index contributed by atoms with van der Waals surface area (Å²) >= 11 is 0. The summed E-state index contributed by atoms with van der Waals surface area (Å²) in [6, 6.07) is 11.9. The third-order valence-corrected chi connectivity index (χ3v) is 6.76. The lowest BCUT2D eigenvalue weighted by Crippen LogP contribution is -2.46. The fraction of sp³-hybridized carbons (Fsp3) is 0.348. The van der Waals surface area contributed by atoms with Gasteiger partial charge in [-0.3, -0.25) is 29.4 Å². The Kier molecular flexibility index (Phi) is 4.48. The number of benzene rings is 2. The zero-order valence-electron chi connectivity index (χ0n) is 16.9. The van der Waals surface area contributed by atoms with Crippen LogP contribution in [-0.2, 0) is 9.59 Å². The number of hydrogen-bond donors (Lipinski definition) is 0. The van der Waals surface area contributed by atoms with E-state index in [0.29, 0.717) is 12.1 Å². The van der Waals surface area contributed by atoms with Crippen molar-refractivity contribution < 1.29 is 19.3 Å². The first-order valence-corrected chi connectivity index (χ1v) is 10.4. The maximum absolute atomic E-state index is 13.5. The SMILES string of the molecule is Cc1ccc(C(=O)C2C3C(=O)N(c4cccc([N+](=O)[O-])c4)C(=O)C3C3CCCN32)cc1. The smallest absolute Gasteiger partial charge is 0.271 e. The molecule has 158 valence electrons. The molecule has 0 saturated carbocycles. The first-order valence-electron chi connectivity index (χ1n) is 10.4. The normalized spacial score (nSPS) is 27.5. The Morgan fingerprint density at radius 2 is 1.77 bits per heavy atom. The van der Waals surface area contributed by atoms with Gasteiger partial charge in [0.05, 0.1) is 28.5 Å². The number of non-ortho nitro benzene ring substituents is 1. The van der Waals surface area contributed by atoms with E-state index in [2.05, 4.69) is 0 Å². The van der Waals surface area contributed by atoms with Crippen LogP contribution < -0.4 is 4.90 Å². The molecule has 3 fully saturated rings. The highest BCUT2D eigenvalue weighted by molar-refractivity contribution is 6.24. The van der Waals surface area contributed by atoms with Crippen LogP contribution in [0, 0.1) is 28.9 Å². The van der Waals surface area contributed by atoms with Gasteiger partial charge in [0.25, 0.3) is 5.69 Å². The van der Waals surface area contributed by atoms with Gasteiger partial charge in [0, 0.05) is 23.7 Å². The van der Waals surface area contributed by atoms with E-state index in [9.17, 15) is 24.5 Å². The van der Waals surface area contributed by atoms with Crippen molar-refractivity contribution in [2.24, 2.45) is 11.8 Å². The van der Waals surface area contributed by atoms with Gasteiger partial charge in [-0.05, 0) is 32.4 Å². The van der Waals surface area contributed by atoms with Gasteiger partial charge in [-0.1, -0.05) is 35.9 Å². The van der Waals surface area contributed by atoms with E-state index >= 15 is 0 Å². The molecule has 3 aliphatic heterocycles. The number of carbonyl (C=O) groups excluding carboxylic acids is 3. The molecule has 3 heterocycles. The minimum Gasteiger partial charge on any atom is -0.292 e. The molecule has 0 aliphatic carbocycles. The van der Waals surface area contributed by atoms with Crippen LogP contribution in [0.15, 0.2) is 48.5 Å². The van der Waals surface area contributed by atoms with Gasteiger partial charge in [-0.2, -0.15) is 0 Å². The maximum Gasteiger partial charge on any atom is 0.271 e. The van der Waals surface area contributed by atoms with Gasteiger partial charge in [0.2, 0.25) is 11.8 Å². The summed E-state index contributed by atoms with van der Waals surface area (Å²) in [6.07, 6.45) is 1.62. The summed E-state index contributed by atoms with van der Waals surface area (Å²) < 4.78 is 0. The Morgan fingerprint density at radius 1 is 1.06 bits per heavy atom. The molecule has 8 heteroatoms. The van der Waals surface area contributed by atoms with E-state index in [1.807, 2.05) is 24.0 Å². The van der Waals surface area contributed by atoms with Crippen molar-refractivity contribution in [3.8, 4) is 0 Å².